The van der Waals surface area contributed by atoms with Gasteiger partial charge in [-0.25, -0.2) is 4.98 Å². The minimum atomic E-state index is -0.248. The van der Waals surface area contributed by atoms with Crippen LogP contribution in [-0.4, -0.2) is 15.5 Å². The SMILES string of the molecule is Cn1c(=O)c(-c2cc(Br)ccc2NC(=O)c2ccccc2)nc2ccccc21. The lowest BCUT2D eigenvalue weighted by atomic mass is 10.1. The summed E-state index contributed by atoms with van der Waals surface area (Å²) in [6, 6.07) is 21.8. The topological polar surface area (TPSA) is 64.0 Å². The average molecular weight is 434 g/mol. The van der Waals surface area contributed by atoms with Gasteiger partial charge in [-0.05, 0) is 42.5 Å². The van der Waals surface area contributed by atoms with Crippen LogP contribution in [0, 0.1) is 0 Å². The maximum Gasteiger partial charge on any atom is 0.277 e. The highest BCUT2D eigenvalue weighted by atomic mass is 79.9. The number of aromatic nitrogens is 2. The van der Waals surface area contributed by atoms with E-state index in [0.29, 0.717) is 22.3 Å². The number of anilines is 1. The molecule has 4 rings (SSSR count). The molecule has 3 aromatic carbocycles. The number of aryl methyl sites for hydroxylation is 1. The third-order valence-electron chi connectivity index (χ3n) is 4.50. The largest absolute Gasteiger partial charge is 0.321 e. The molecule has 0 bridgehead atoms. The number of para-hydroxylation sites is 2. The highest BCUT2D eigenvalue weighted by molar-refractivity contribution is 9.10. The molecule has 6 heteroatoms. The van der Waals surface area contributed by atoms with Gasteiger partial charge in [-0.1, -0.05) is 46.3 Å². The number of halogens is 1. The molecule has 0 aliphatic rings. The first-order valence-electron chi connectivity index (χ1n) is 8.66. The number of hydrogen-bond donors (Lipinski definition) is 1. The monoisotopic (exact) mass is 433 g/mol. The Bertz CT molecular complexity index is 1250. The van der Waals surface area contributed by atoms with Crippen molar-refractivity contribution in [3.05, 3.63) is 93.2 Å². The van der Waals surface area contributed by atoms with Gasteiger partial charge >= 0.3 is 0 Å². The summed E-state index contributed by atoms with van der Waals surface area (Å²) in [5, 5.41) is 2.90. The lowest BCUT2D eigenvalue weighted by molar-refractivity contribution is 0.102. The number of benzene rings is 3. The van der Waals surface area contributed by atoms with Crippen LogP contribution in [0.4, 0.5) is 5.69 Å². The Hall–Kier alpha value is -3.25. The number of fused-ring (bicyclic) bond motifs is 1. The van der Waals surface area contributed by atoms with Crippen molar-refractivity contribution in [2.75, 3.05) is 5.32 Å². The lowest BCUT2D eigenvalue weighted by Crippen LogP contribution is -2.21. The van der Waals surface area contributed by atoms with E-state index in [-0.39, 0.29) is 17.2 Å². The van der Waals surface area contributed by atoms with E-state index in [1.54, 1.807) is 48.0 Å². The summed E-state index contributed by atoms with van der Waals surface area (Å²) in [6.45, 7) is 0. The van der Waals surface area contributed by atoms with Crippen molar-refractivity contribution in [2.24, 2.45) is 7.05 Å². The van der Waals surface area contributed by atoms with Crippen LogP contribution in [0.25, 0.3) is 22.3 Å². The summed E-state index contributed by atoms with van der Waals surface area (Å²) < 4.78 is 2.36. The highest BCUT2D eigenvalue weighted by Gasteiger charge is 2.16. The van der Waals surface area contributed by atoms with Crippen LogP contribution in [0.15, 0.2) is 82.1 Å². The van der Waals surface area contributed by atoms with Gasteiger partial charge in [0, 0.05) is 22.6 Å². The van der Waals surface area contributed by atoms with E-state index in [1.807, 2.05) is 36.4 Å². The first-order valence-corrected chi connectivity index (χ1v) is 9.46. The minimum absolute atomic E-state index is 0.230. The third kappa shape index (κ3) is 3.34. The molecule has 0 atom stereocenters. The Balaban J connectivity index is 1.86. The van der Waals surface area contributed by atoms with E-state index in [0.717, 1.165) is 9.99 Å². The Kier molecular flexibility index (Phi) is 4.79. The zero-order chi connectivity index (χ0) is 19.7. The van der Waals surface area contributed by atoms with Crippen LogP contribution in [0.5, 0.6) is 0 Å². The fraction of sp³-hybridized carbons (Fsp3) is 0.0455. The van der Waals surface area contributed by atoms with Crippen molar-refractivity contribution in [3.8, 4) is 11.3 Å². The Morgan fingerprint density at radius 2 is 1.71 bits per heavy atom. The molecule has 1 amide bonds. The highest BCUT2D eigenvalue weighted by Crippen LogP contribution is 2.29. The van der Waals surface area contributed by atoms with E-state index in [9.17, 15) is 9.59 Å². The molecule has 0 aliphatic heterocycles. The van der Waals surface area contributed by atoms with Crippen molar-refractivity contribution in [1.82, 2.24) is 9.55 Å². The van der Waals surface area contributed by atoms with E-state index in [2.05, 4.69) is 26.2 Å². The number of rotatable bonds is 3. The van der Waals surface area contributed by atoms with Gasteiger partial charge < -0.3 is 9.88 Å². The molecule has 0 aliphatic carbocycles. The molecule has 0 saturated carbocycles. The second-order valence-corrected chi connectivity index (χ2v) is 7.24. The number of nitrogens with one attached hydrogen (secondary N) is 1. The first kappa shape index (κ1) is 18.1. The Morgan fingerprint density at radius 3 is 2.50 bits per heavy atom. The summed E-state index contributed by atoms with van der Waals surface area (Å²) in [6.07, 6.45) is 0. The fourth-order valence-corrected chi connectivity index (χ4v) is 3.42. The molecule has 0 radical (unpaired) electrons. The summed E-state index contributed by atoms with van der Waals surface area (Å²) in [7, 11) is 1.72. The molecule has 138 valence electrons. The van der Waals surface area contributed by atoms with Crippen LogP contribution in [0.2, 0.25) is 0 Å². The fourth-order valence-electron chi connectivity index (χ4n) is 3.06. The van der Waals surface area contributed by atoms with Crippen molar-refractivity contribution in [2.45, 2.75) is 0 Å². The summed E-state index contributed by atoms with van der Waals surface area (Å²) in [4.78, 5) is 30.2. The zero-order valence-corrected chi connectivity index (χ0v) is 16.6. The van der Waals surface area contributed by atoms with E-state index in [4.69, 9.17) is 0 Å². The molecule has 5 nitrogen and oxygen atoms in total. The molecule has 0 unspecified atom stereocenters. The molecular weight excluding hydrogens is 418 g/mol. The van der Waals surface area contributed by atoms with Gasteiger partial charge in [0.1, 0.15) is 5.69 Å². The van der Waals surface area contributed by atoms with Gasteiger partial charge in [0.05, 0.1) is 16.7 Å². The quantitative estimate of drug-likeness (QED) is 0.512. The molecule has 0 spiro atoms. The minimum Gasteiger partial charge on any atom is -0.321 e. The molecule has 4 aromatic rings. The van der Waals surface area contributed by atoms with Gasteiger partial charge in [0.25, 0.3) is 11.5 Å². The van der Waals surface area contributed by atoms with Crippen molar-refractivity contribution >= 4 is 38.6 Å². The standard InChI is InChI=1S/C22H16BrN3O2/c1-26-19-10-6-5-9-18(19)24-20(22(26)28)16-13-15(23)11-12-17(16)25-21(27)14-7-3-2-4-8-14/h2-13H,1H3,(H,25,27). The molecule has 0 fully saturated rings. The normalized spacial score (nSPS) is 10.8. The van der Waals surface area contributed by atoms with Gasteiger partial charge in [-0.2, -0.15) is 0 Å². The van der Waals surface area contributed by atoms with E-state index in [1.165, 1.54) is 0 Å². The van der Waals surface area contributed by atoms with Crippen LogP contribution in [0.3, 0.4) is 0 Å². The van der Waals surface area contributed by atoms with Crippen molar-refractivity contribution in [3.63, 3.8) is 0 Å². The second-order valence-electron chi connectivity index (χ2n) is 6.32. The smallest absolute Gasteiger partial charge is 0.277 e. The zero-order valence-electron chi connectivity index (χ0n) is 15.0. The van der Waals surface area contributed by atoms with Gasteiger partial charge in [0.15, 0.2) is 0 Å². The van der Waals surface area contributed by atoms with Gasteiger partial charge in [-0.3, -0.25) is 9.59 Å². The number of carbonyl (C=O) groups is 1. The average Bonchev–Trinajstić information content (AvgIpc) is 2.72. The van der Waals surface area contributed by atoms with Gasteiger partial charge in [0.2, 0.25) is 0 Å². The van der Waals surface area contributed by atoms with Gasteiger partial charge in [-0.15, -0.1) is 0 Å². The number of amides is 1. The van der Waals surface area contributed by atoms with E-state index < -0.39 is 0 Å². The Labute approximate surface area is 169 Å². The summed E-state index contributed by atoms with van der Waals surface area (Å²) in [5.74, 6) is -0.248. The van der Waals surface area contributed by atoms with Crippen LogP contribution >= 0.6 is 15.9 Å². The molecule has 1 heterocycles. The predicted molar refractivity (Wildman–Crippen MR) is 115 cm³/mol. The Morgan fingerprint density at radius 1 is 1.00 bits per heavy atom. The van der Waals surface area contributed by atoms with Crippen molar-refractivity contribution in [1.29, 1.82) is 0 Å². The maximum atomic E-state index is 13.0. The van der Waals surface area contributed by atoms with Crippen molar-refractivity contribution < 1.29 is 4.79 Å². The summed E-state index contributed by atoms with van der Waals surface area (Å²) in [5.41, 5.74) is 3.14. The van der Waals surface area contributed by atoms with Crippen LogP contribution in [0.1, 0.15) is 10.4 Å². The molecule has 0 saturated heterocycles. The third-order valence-corrected chi connectivity index (χ3v) is 5.00. The lowest BCUT2D eigenvalue weighted by Gasteiger charge is -2.13. The molecule has 1 aromatic heterocycles. The predicted octanol–water partition coefficient (Wildman–Crippen LogP) is 4.62. The van der Waals surface area contributed by atoms with E-state index >= 15 is 0 Å². The number of nitrogens with zero attached hydrogens (tertiary/aromatic N) is 2. The number of carbonyl (C=O) groups excluding carboxylic acids is 1. The number of hydrogen-bond acceptors (Lipinski definition) is 3. The molecule has 1 N–H and O–H groups in total. The summed E-state index contributed by atoms with van der Waals surface area (Å²) >= 11 is 3.45. The molecular formula is C22H16BrN3O2. The maximum absolute atomic E-state index is 13.0. The second kappa shape index (κ2) is 7.40. The molecule has 28 heavy (non-hydrogen) atoms. The van der Waals surface area contributed by atoms with Crippen LogP contribution in [-0.2, 0) is 7.05 Å². The van der Waals surface area contributed by atoms with Crippen LogP contribution < -0.4 is 10.9 Å². The first-order chi connectivity index (χ1) is 13.5.